The van der Waals surface area contributed by atoms with Gasteiger partial charge in [0.2, 0.25) is 11.8 Å². The number of aliphatic carboxylic acids is 1. The lowest BCUT2D eigenvalue weighted by Gasteiger charge is -2.35. The first-order valence-corrected chi connectivity index (χ1v) is 10.3. The summed E-state index contributed by atoms with van der Waals surface area (Å²) >= 11 is 0. The third kappa shape index (κ3) is 7.34. The number of hydrogen-bond acceptors (Lipinski definition) is 6. The normalized spacial score (nSPS) is 22.1. The molecule has 0 aliphatic carbocycles. The van der Waals surface area contributed by atoms with E-state index < -0.39 is 29.6 Å². The molecule has 2 aliphatic heterocycles. The van der Waals surface area contributed by atoms with Crippen molar-refractivity contribution >= 4 is 17.8 Å². The summed E-state index contributed by atoms with van der Waals surface area (Å²) < 4.78 is 36.9. The number of nitrogens with zero attached hydrogens (tertiary/aromatic N) is 3. The minimum atomic E-state index is -5.08. The molecule has 0 saturated carbocycles. The Bertz CT molecular complexity index is 723. The van der Waals surface area contributed by atoms with Crippen molar-refractivity contribution < 1.29 is 37.4 Å². The highest BCUT2D eigenvalue weighted by Crippen LogP contribution is 2.30. The van der Waals surface area contributed by atoms with Gasteiger partial charge in [-0.2, -0.15) is 18.4 Å². The van der Waals surface area contributed by atoms with E-state index in [9.17, 15) is 28.0 Å². The number of ether oxygens (including phenoxy) is 1. The summed E-state index contributed by atoms with van der Waals surface area (Å²) in [7, 11) is 1.64. The molecule has 2 amide bonds. The van der Waals surface area contributed by atoms with Gasteiger partial charge in [-0.1, -0.05) is 13.8 Å². The van der Waals surface area contributed by atoms with Crippen LogP contribution >= 0.6 is 0 Å². The summed E-state index contributed by atoms with van der Waals surface area (Å²) in [6, 6.07) is 1.09. The predicted octanol–water partition coefficient (Wildman–Crippen LogP) is 1.52. The summed E-state index contributed by atoms with van der Waals surface area (Å²) in [4.78, 5) is 37.8. The van der Waals surface area contributed by atoms with Crippen molar-refractivity contribution in [2.24, 2.45) is 11.1 Å². The molecule has 2 saturated heterocycles. The molecule has 12 heteroatoms. The topological polar surface area (TPSA) is 137 Å². The van der Waals surface area contributed by atoms with E-state index in [1.54, 1.807) is 12.0 Å². The van der Waals surface area contributed by atoms with Gasteiger partial charge in [-0.25, -0.2) is 4.79 Å². The molecule has 2 rings (SSSR count). The summed E-state index contributed by atoms with van der Waals surface area (Å²) in [5.74, 6) is -2.96. The molecular formula is C20H31F3N4O5. The zero-order valence-corrected chi connectivity index (χ0v) is 18.5. The quantitative estimate of drug-likeness (QED) is 0.608. The van der Waals surface area contributed by atoms with E-state index in [4.69, 9.17) is 20.4 Å². The number of carboxylic acid groups (broad SMARTS) is 1. The van der Waals surface area contributed by atoms with Gasteiger partial charge in [0.15, 0.2) is 0 Å². The number of hydrogen-bond donors (Lipinski definition) is 2. The number of likely N-dealkylation sites (tertiary alicyclic amines) is 2. The van der Waals surface area contributed by atoms with Crippen molar-refractivity contribution in [2.75, 3.05) is 26.8 Å². The molecule has 0 radical (unpaired) electrons. The Kier molecular flexibility index (Phi) is 9.91. The van der Waals surface area contributed by atoms with Crippen LogP contribution in [0.4, 0.5) is 13.2 Å². The number of carbonyl (C=O) groups excluding carboxylic acids is 2. The maximum atomic E-state index is 12.8. The fourth-order valence-electron chi connectivity index (χ4n) is 3.81. The fraction of sp³-hybridized carbons (Fsp3) is 0.800. The molecular weight excluding hydrogens is 433 g/mol. The molecule has 0 spiro atoms. The molecule has 0 aromatic heterocycles. The van der Waals surface area contributed by atoms with E-state index in [1.165, 1.54) is 0 Å². The number of halogens is 3. The van der Waals surface area contributed by atoms with Gasteiger partial charge < -0.3 is 25.4 Å². The Morgan fingerprint density at radius 3 is 2.22 bits per heavy atom. The van der Waals surface area contributed by atoms with E-state index in [0.717, 1.165) is 25.8 Å². The second-order valence-corrected chi connectivity index (χ2v) is 8.60. The van der Waals surface area contributed by atoms with E-state index in [-0.39, 0.29) is 24.3 Å². The monoisotopic (exact) mass is 464 g/mol. The molecule has 9 nitrogen and oxygen atoms in total. The number of carbonyl (C=O) groups is 3. The average Bonchev–Trinajstić information content (AvgIpc) is 3.35. The Morgan fingerprint density at radius 2 is 1.72 bits per heavy atom. The Morgan fingerprint density at radius 1 is 1.19 bits per heavy atom. The van der Waals surface area contributed by atoms with Gasteiger partial charge in [0, 0.05) is 26.6 Å². The molecule has 0 unspecified atom stereocenters. The summed E-state index contributed by atoms with van der Waals surface area (Å²) in [5, 5.41) is 16.3. The zero-order valence-electron chi connectivity index (χ0n) is 18.5. The summed E-state index contributed by atoms with van der Waals surface area (Å²) in [5.41, 5.74) is 5.57. The number of rotatable bonds is 6. The van der Waals surface area contributed by atoms with Crippen LogP contribution in [0.25, 0.3) is 0 Å². The minimum Gasteiger partial charge on any atom is -0.475 e. The smallest absolute Gasteiger partial charge is 0.475 e. The zero-order chi connectivity index (χ0) is 24.7. The molecule has 0 bridgehead atoms. The van der Waals surface area contributed by atoms with Gasteiger partial charge in [-0.15, -0.1) is 0 Å². The highest BCUT2D eigenvalue weighted by atomic mass is 19.4. The molecule has 0 aromatic carbocycles. The van der Waals surface area contributed by atoms with Crippen LogP contribution in [0.15, 0.2) is 0 Å². The first-order chi connectivity index (χ1) is 14.8. The van der Waals surface area contributed by atoms with Crippen molar-refractivity contribution in [1.29, 1.82) is 5.26 Å². The second-order valence-electron chi connectivity index (χ2n) is 8.60. The van der Waals surface area contributed by atoms with Crippen molar-refractivity contribution in [3.8, 4) is 6.07 Å². The molecule has 182 valence electrons. The number of alkyl halides is 3. The molecule has 0 aromatic rings. The van der Waals surface area contributed by atoms with Crippen molar-refractivity contribution in [3.63, 3.8) is 0 Å². The number of carboxylic acids is 1. The van der Waals surface area contributed by atoms with Gasteiger partial charge in [0.25, 0.3) is 0 Å². The van der Waals surface area contributed by atoms with Crippen LogP contribution in [0, 0.1) is 16.7 Å². The molecule has 3 atom stereocenters. The predicted molar refractivity (Wildman–Crippen MR) is 107 cm³/mol. The molecule has 2 heterocycles. The van der Waals surface area contributed by atoms with Gasteiger partial charge >= 0.3 is 12.1 Å². The number of amides is 2. The first-order valence-electron chi connectivity index (χ1n) is 10.3. The second kappa shape index (κ2) is 11.5. The third-order valence-corrected chi connectivity index (χ3v) is 5.70. The van der Waals surface area contributed by atoms with Gasteiger partial charge in [-0.05, 0) is 31.1 Å². The largest absolute Gasteiger partial charge is 0.490 e. The molecule has 2 aliphatic rings. The lowest BCUT2D eigenvalue weighted by atomic mass is 9.80. The van der Waals surface area contributed by atoms with Crippen LogP contribution in [-0.4, -0.2) is 83.8 Å². The van der Waals surface area contributed by atoms with Gasteiger partial charge in [0.05, 0.1) is 24.8 Å². The van der Waals surface area contributed by atoms with Crippen LogP contribution in [0.5, 0.6) is 0 Å². The van der Waals surface area contributed by atoms with Crippen LogP contribution < -0.4 is 5.73 Å². The standard InChI is InChI=1S/C18H30N4O3.C2HF3O2/c1-18(2,10-15(23)21-8-5-7-14(21)12-25-3)16(20)17(24)22-9-4-6-13(22)11-19;3-2(4,5)1(6)7/h13-14,16H,4-10,12,20H2,1-3H3;(H,6,7)/t13-,14-,16+;/m0./s1. The summed E-state index contributed by atoms with van der Waals surface area (Å²) in [6.45, 7) is 5.54. The van der Waals surface area contributed by atoms with Gasteiger partial charge in [-0.3, -0.25) is 9.59 Å². The third-order valence-electron chi connectivity index (χ3n) is 5.70. The maximum absolute atomic E-state index is 12.8. The van der Waals surface area contributed by atoms with Crippen LogP contribution in [0.1, 0.15) is 46.0 Å². The van der Waals surface area contributed by atoms with E-state index in [1.807, 2.05) is 18.7 Å². The van der Waals surface area contributed by atoms with Crippen molar-refractivity contribution in [1.82, 2.24) is 9.80 Å². The van der Waals surface area contributed by atoms with E-state index >= 15 is 0 Å². The maximum Gasteiger partial charge on any atom is 0.490 e. The average molecular weight is 464 g/mol. The van der Waals surface area contributed by atoms with Crippen LogP contribution in [0.3, 0.4) is 0 Å². The summed E-state index contributed by atoms with van der Waals surface area (Å²) in [6.07, 6.45) is -1.43. The van der Waals surface area contributed by atoms with Crippen LogP contribution in [0.2, 0.25) is 0 Å². The van der Waals surface area contributed by atoms with Gasteiger partial charge in [0.1, 0.15) is 6.04 Å². The van der Waals surface area contributed by atoms with Crippen molar-refractivity contribution in [2.45, 2.75) is 70.3 Å². The molecule has 2 fully saturated rings. The SMILES string of the molecule is COC[C@@H]1CCCN1C(=O)CC(C)(C)[C@H](N)C(=O)N1CCC[C@H]1C#N.O=C(O)C(F)(F)F. The van der Waals surface area contributed by atoms with E-state index in [2.05, 4.69) is 6.07 Å². The first kappa shape index (κ1) is 27.6. The van der Waals surface area contributed by atoms with E-state index in [0.29, 0.717) is 19.6 Å². The molecule has 32 heavy (non-hydrogen) atoms. The number of methoxy groups -OCH3 is 1. The Hall–Kier alpha value is -2.39. The lowest BCUT2D eigenvalue weighted by Crippen LogP contribution is -2.54. The van der Waals surface area contributed by atoms with Crippen LogP contribution in [-0.2, 0) is 19.1 Å². The van der Waals surface area contributed by atoms with Crippen molar-refractivity contribution in [3.05, 3.63) is 0 Å². The highest BCUT2D eigenvalue weighted by molar-refractivity contribution is 5.85. The lowest BCUT2D eigenvalue weighted by molar-refractivity contribution is -0.192. The molecule has 3 N–H and O–H groups in total. The highest BCUT2D eigenvalue weighted by Gasteiger charge is 2.41. The number of nitriles is 1. The fourth-order valence-corrected chi connectivity index (χ4v) is 3.81. The minimum absolute atomic E-state index is 0.0195. The Labute approximate surface area is 185 Å². The number of nitrogens with two attached hydrogens (primary N) is 1. The Balaban J connectivity index is 0.000000633.